The molecule has 0 fully saturated rings. The van der Waals surface area contributed by atoms with Gasteiger partial charge in [0.05, 0.1) is 12.4 Å². The lowest BCUT2D eigenvalue weighted by atomic mass is 10.4. The van der Waals surface area contributed by atoms with E-state index in [1.807, 2.05) is 6.92 Å². The van der Waals surface area contributed by atoms with Crippen molar-refractivity contribution in [3.05, 3.63) is 5.82 Å². The molecule has 0 spiro atoms. The van der Waals surface area contributed by atoms with E-state index in [-0.39, 0.29) is 5.75 Å². The second-order valence-electron chi connectivity index (χ2n) is 2.90. The summed E-state index contributed by atoms with van der Waals surface area (Å²) in [5.41, 5.74) is 0. The molecule has 1 heterocycles. The lowest BCUT2D eigenvalue weighted by molar-refractivity contribution is -0.133. The first-order chi connectivity index (χ1) is 7.65. The lowest BCUT2D eigenvalue weighted by Crippen LogP contribution is -2.16. The highest BCUT2D eigenvalue weighted by atomic mass is 32.2. The molecule has 0 amide bonds. The summed E-state index contributed by atoms with van der Waals surface area (Å²) in [6, 6.07) is 0. The second-order valence-corrected chi connectivity index (χ2v) is 3.84. The van der Waals surface area contributed by atoms with Crippen molar-refractivity contribution in [1.82, 2.24) is 14.9 Å². The minimum absolute atomic E-state index is 0.0825. The Labute approximate surface area is 97.0 Å². The van der Waals surface area contributed by atoms with Crippen molar-refractivity contribution in [1.29, 1.82) is 0 Å². The van der Waals surface area contributed by atoms with Crippen LogP contribution in [0.15, 0.2) is 5.16 Å². The predicted molar refractivity (Wildman–Crippen MR) is 58.7 cm³/mol. The van der Waals surface area contributed by atoms with Gasteiger partial charge in [0.25, 0.3) is 0 Å². The standard InChI is InChI=1S/C8H14N4O3S/c1-2-15-4-3-6-10-11-8(12(6)9)16-5-7(13)14/h2-5,9H2,1H3,(H,13,14). The van der Waals surface area contributed by atoms with Gasteiger partial charge in [0.2, 0.25) is 5.16 Å². The van der Waals surface area contributed by atoms with E-state index in [1.54, 1.807) is 0 Å². The molecule has 3 N–H and O–H groups in total. The molecular formula is C8H14N4O3S. The molecule has 0 saturated carbocycles. The number of rotatable bonds is 7. The number of nitrogen functional groups attached to an aromatic ring is 1. The van der Waals surface area contributed by atoms with E-state index in [0.29, 0.717) is 30.6 Å². The zero-order valence-electron chi connectivity index (χ0n) is 8.92. The summed E-state index contributed by atoms with van der Waals surface area (Å²) in [5, 5.41) is 16.6. The van der Waals surface area contributed by atoms with Gasteiger partial charge in [-0.25, -0.2) is 4.68 Å². The van der Waals surface area contributed by atoms with Gasteiger partial charge in [-0.3, -0.25) is 4.79 Å². The van der Waals surface area contributed by atoms with E-state index >= 15 is 0 Å². The first-order valence-corrected chi connectivity index (χ1v) is 5.75. The van der Waals surface area contributed by atoms with Gasteiger partial charge in [0, 0.05) is 13.0 Å². The Morgan fingerprint density at radius 1 is 1.62 bits per heavy atom. The molecule has 0 unspecified atom stereocenters. The molecule has 7 nitrogen and oxygen atoms in total. The van der Waals surface area contributed by atoms with Gasteiger partial charge in [-0.1, -0.05) is 11.8 Å². The zero-order chi connectivity index (χ0) is 12.0. The van der Waals surface area contributed by atoms with Crippen LogP contribution in [0.5, 0.6) is 0 Å². The molecule has 8 heteroatoms. The van der Waals surface area contributed by atoms with Crippen LogP contribution in [0.2, 0.25) is 0 Å². The molecule has 90 valence electrons. The molecule has 1 aromatic rings. The molecule has 1 rings (SSSR count). The van der Waals surface area contributed by atoms with Gasteiger partial charge in [0.1, 0.15) is 0 Å². The molecule has 0 radical (unpaired) electrons. The number of carbonyl (C=O) groups is 1. The smallest absolute Gasteiger partial charge is 0.313 e. The Balaban J connectivity index is 2.51. The van der Waals surface area contributed by atoms with Crippen LogP contribution in [0.25, 0.3) is 0 Å². The zero-order valence-corrected chi connectivity index (χ0v) is 9.74. The second kappa shape index (κ2) is 6.33. The molecule has 1 aromatic heterocycles. The third-order valence-electron chi connectivity index (χ3n) is 1.73. The summed E-state index contributed by atoms with van der Waals surface area (Å²) in [4.78, 5) is 10.4. The van der Waals surface area contributed by atoms with E-state index in [1.165, 1.54) is 4.68 Å². The first kappa shape index (κ1) is 12.8. The minimum atomic E-state index is -0.913. The highest BCUT2D eigenvalue weighted by molar-refractivity contribution is 7.99. The van der Waals surface area contributed by atoms with Crippen LogP contribution in [0.3, 0.4) is 0 Å². The number of carboxylic acid groups (broad SMARTS) is 1. The number of ether oxygens (including phenoxy) is 1. The molecule has 0 saturated heterocycles. The van der Waals surface area contributed by atoms with Crippen molar-refractivity contribution in [3.63, 3.8) is 0 Å². The van der Waals surface area contributed by atoms with Crippen LogP contribution < -0.4 is 5.84 Å². The summed E-state index contributed by atoms with van der Waals surface area (Å²) in [5.74, 6) is 5.28. The number of carboxylic acids is 1. The van der Waals surface area contributed by atoms with Crippen molar-refractivity contribution in [2.75, 3.05) is 24.8 Å². The SMILES string of the molecule is CCOCCc1nnc(SCC(=O)O)n1N. The number of hydrogen-bond donors (Lipinski definition) is 2. The van der Waals surface area contributed by atoms with Gasteiger partial charge in [-0.05, 0) is 6.92 Å². The molecule has 0 atom stereocenters. The Morgan fingerprint density at radius 3 is 3.00 bits per heavy atom. The molecule has 0 aliphatic rings. The van der Waals surface area contributed by atoms with E-state index in [0.717, 1.165) is 11.8 Å². The van der Waals surface area contributed by atoms with Crippen LogP contribution >= 0.6 is 11.8 Å². The maximum Gasteiger partial charge on any atom is 0.313 e. The van der Waals surface area contributed by atoms with Crippen LogP contribution in [0.1, 0.15) is 12.7 Å². The van der Waals surface area contributed by atoms with Gasteiger partial charge in [-0.15, -0.1) is 10.2 Å². The first-order valence-electron chi connectivity index (χ1n) is 4.76. The summed E-state index contributed by atoms with van der Waals surface area (Å²) >= 11 is 1.04. The Morgan fingerprint density at radius 2 is 2.38 bits per heavy atom. The van der Waals surface area contributed by atoms with Crippen molar-refractivity contribution < 1.29 is 14.6 Å². The Kier molecular flexibility index (Phi) is 5.06. The van der Waals surface area contributed by atoms with Gasteiger partial charge < -0.3 is 15.7 Å². The number of nitrogens with two attached hydrogens (primary N) is 1. The molecule has 0 aliphatic heterocycles. The normalized spacial score (nSPS) is 10.6. The maximum absolute atomic E-state index is 10.4. The molecule has 0 aromatic carbocycles. The fourth-order valence-electron chi connectivity index (χ4n) is 1.01. The van der Waals surface area contributed by atoms with E-state index in [4.69, 9.17) is 15.7 Å². The molecule has 0 bridgehead atoms. The predicted octanol–water partition coefficient (Wildman–Crippen LogP) is -0.252. The van der Waals surface area contributed by atoms with Crippen molar-refractivity contribution in [2.24, 2.45) is 0 Å². The molecule has 0 aliphatic carbocycles. The summed E-state index contributed by atoms with van der Waals surface area (Å²) in [6.07, 6.45) is 0.560. The number of hydrogen-bond acceptors (Lipinski definition) is 6. The number of aromatic nitrogens is 3. The van der Waals surface area contributed by atoms with Crippen LogP contribution in [-0.2, 0) is 16.0 Å². The molecular weight excluding hydrogens is 232 g/mol. The number of aliphatic carboxylic acids is 1. The van der Waals surface area contributed by atoms with Crippen LogP contribution in [0.4, 0.5) is 0 Å². The van der Waals surface area contributed by atoms with E-state index in [9.17, 15) is 4.79 Å². The largest absolute Gasteiger partial charge is 0.481 e. The Hall–Kier alpha value is -1.28. The Bertz CT molecular complexity index is 355. The average Bonchev–Trinajstić information content (AvgIpc) is 2.58. The average molecular weight is 246 g/mol. The highest BCUT2D eigenvalue weighted by Gasteiger charge is 2.11. The quantitative estimate of drug-likeness (QED) is 0.388. The third-order valence-corrected chi connectivity index (χ3v) is 2.66. The van der Waals surface area contributed by atoms with Crippen LogP contribution in [0, 0.1) is 0 Å². The fourth-order valence-corrected chi connectivity index (χ4v) is 1.61. The van der Waals surface area contributed by atoms with Gasteiger partial charge in [-0.2, -0.15) is 0 Å². The third kappa shape index (κ3) is 3.70. The highest BCUT2D eigenvalue weighted by Crippen LogP contribution is 2.14. The number of thioether (sulfide) groups is 1. The summed E-state index contributed by atoms with van der Waals surface area (Å²) in [6.45, 7) is 3.07. The van der Waals surface area contributed by atoms with Gasteiger partial charge in [0.15, 0.2) is 5.82 Å². The minimum Gasteiger partial charge on any atom is -0.481 e. The van der Waals surface area contributed by atoms with E-state index in [2.05, 4.69) is 10.2 Å². The van der Waals surface area contributed by atoms with Crippen molar-refractivity contribution in [3.8, 4) is 0 Å². The monoisotopic (exact) mass is 246 g/mol. The van der Waals surface area contributed by atoms with Crippen molar-refractivity contribution >= 4 is 17.7 Å². The molecule has 16 heavy (non-hydrogen) atoms. The topological polar surface area (TPSA) is 103 Å². The summed E-state index contributed by atoms with van der Waals surface area (Å²) in [7, 11) is 0. The lowest BCUT2D eigenvalue weighted by Gasteiger charge is -2.02. The van der Waals surface area contributed by atoms with E-state index < -0.39 is 5.97 Å². The number of nitrogens with zero attached hydrogens (tertiary/aromatic N) is 3. The maximum atomic E-state index is 10.4. The van der Waals surface area contributed by atoms with Crippen molar-refractivity contribution in [2.45, 2.75) is 18.5 Å². The summed E-state index contributed by atoms with van der Waals surface area (Å²) < 4.78 is 6.46. The fraction of sp³-hybridized carbons (Fsp3) is 0.625. The van der Waals surface area contributed by atoms with Crippen LogP contribution in [-0.4, -0.2) is 44.9 Å². The van der Waals surface area contributed by atoms with Gasteiger partial charge >= 0.3 is 5.97 Å².